The molecule has 0 aromatic carbocycles. The van der Waals surface area contributed by atoms with Crippen LogP contribution in [0.2, 0.25) is 0 Å². The maximum absolute atomic E-state index is 5.98. The van der Waals surface area contributed by atoms with E-state index in [0.29, 0.717) is 18.1 Å². The number of ether oxygens (including phenoxy) is 3. The Hall–Kier alpha value is -0.200. The summed E-state index contributed by atoms with van der Waals surface area (Å²) in [6, 6.07) is 1.51. The summed E-state index contributed by atoms with van der Waals surface area (Å²) in [7, 11) is 0. The van der Waals surface area contributed by atoms with Gasteiger partial charge in [-0.25, -0.2) is 0 Å². The summed E-state index contributed by atoms with van der Waals surface area (Å²) in [5.41, 5.74) is 0. The molecule has 3 aliphatic rings. The molecule has 0 bridgehead atoms. The molecule has 5 heteroatoms. The zero-order chi connectivity index (χ0) is 14.7. The average molecular weight is 298 g/mol. The predicted molar refractivity (Wildman–Crippen MR) is 81.3 cm³/mol. The van der Waals surface area contributed by atoms with Gasteiger partial charge in [0.05, 0.1) is 26.4 Å². The van der Waals surface area contributed by atoms with Crippen LogP contribution < -0.4 is 5.32 Å². The van der Waals surface area contributed by atoms with E-state index < -0.39 is 0 Å². The summed E-state index contributed by atoms with van der Waals surface area (Å²) >= 11 is 0. The largest absolute Gasteiger partial charge is 0.379 e. The van der Waals surface area contributed by atoms with Gasteiger partial charge < -0.3 is 19.5 Å². The summed E-state index contributed by atoms with van der Waals surface area (Å²) in [4.78, 5) is 2.61. The third-order valence-electron chi connectivity index (χ3n) is 5.14. The lowest BCUT2D eigenvalue weighted by atomic mass is 9.83. The van der Waals surface area contributed by atoms with Gasteiger partial charge in [-0.3, -0.25) is 4.90 Å². The molecule has 5 nitrogen and oxygen atoms in total. The Kier molecular flexibility index (Phi) is 5.17. The first-order chi connectivity index (χ1) is 10.2. The Balaban J connectivity index is 1.72. The maximum atomic E-state index is 5.98. The fraction of sp³-hybridized carbons (Fsp3) is 1.00. The molecule has 0 aromatic heterocycles. The van der Waals surface area contributed by atoms with Crippen LogP contribution in [0.3, 0.4) is 0 Å². The topological polar surface area (TPSA) is 43.0 Å². The van der Waals surface area contributed by atoms with Crippen molar-refractivity contribution in [3.05, 3.63) is 0 Å². The summed E-state index contributed by atoms with van der Waals surface area (Å²) in [6.07, 6.45) is 4.32. The van der Waals surface area contributed by atoms with Gasteiger partial charge in [-0.2, -0.15) is 0 Å². The number of hydrogen-bond acceptors (Lipinski definition) is 5. The number of nitrogens with zero attached hydrogens (tertiary/aromatic N) is 1. The Morgan fingerprint density at radius 3 is 2.76 bits per heavy atom. The molecule has 3 fully saturated rings. The maximum Gasteiger partial charge on any atom is 0.170 e. The van der Waals surface area contributed by atoms with Gasteiger partial charge in [0.1, 0.15) is 0 Å². The molecule has 2 heterocycles. The van der Waals surface area contributed by atoms with Crippen molar-refractivity contribution >= 4 is 0 Å². The molecule has 0 amide bonds. The summed E-state index contributed by atoms with van der Waals surface area (Å²) < 4.78 is 17.6. The van der Waals surface area contributed by atoms with E-state index in [1.165, 1.54) is 6.42 Å². The molecule has 21 heavy (non-hydrogen) atoms. The smallest absolute Gasteiger partial charge is 0.170 e. The minimum atomic E-state index is -0.312. The van der Waals surface area contributed by atoms with Gasteiger partial charge in [-0.15, -0.1) is 0 Å². The number of rotatable bonds is 4. The zero-order valence-electron chi connectivity index (χ0n) is 13.5. The highest BCUT2D eigenvalue weighted by Crippen LogP contribution is 2.38. The van der Waals surface area contributed by atoms with Crippen molar-refractivity contribution in [2.45, 2.75) is 63.4 Å². The third kappa shape index (κ3) is 3.42. The molecule has 0 aromatic rings. The molecular weight excluding hydrogens is 268 g/mol. The van der Waals surface area contributed by atoms with Crippen LogP contribution in [0, 0.1) is 0 Å². The van der Waals surface area contributed by atoms with E-state index in [4.69, 9.17) is 14.2 Å². The van der Waals surface area contributed by atoms with Crippen molar-refractivity contribution in [2.75, 3.05) is 39.5 Å². The van der Waals surface area contributed by atoms with Crippen LogP contribution in [-0.2, 0) is 14.2 Å². The second-order valence-electron chi connectivity index (χ2n) is 6.64. The standard InChI is InChI=1S/C16H30N2O3/c1-3-6-17-14-4-5-16(20-9-10-21-16)11-15(14)18-7-8-19-12-13(18)2/h13-15,17H,3-12H2,1-2H3. The minimum Gasteiger partial charge on any atom is -0.379 e. The molecule has 2 aliphatic heterocycles. The van der Waals surface area contributed by atoms with Crippen LogP contribution in [-0.4, -0.2) is 68.3 Å². The zero-order valence-corrected chi connectivity index (χ0v) is 13.5. The van der Waals surface area contributed by atoms with Crippen molar-refractivity contribution in [1.29, 1.82) is 0 Å². The van der Waals surface area contributed by atoms with Crippen LogP contribution in [0.15, 0.2) is 0 Å². The van der Waals surface area contributed by atoms with E-state index in [9.17, 15) is 0 Å². The second-order valence-corrected chi connectivity index (χ2v) is 6.64. The van der Waals surface area contributed by atoms with E-state index >= 15 is 0 Å². The molecule has 1 N–H and O–H groups in total. The molecule has 1 spiro atoms. The molecule has 122 valence electrons. The molecule has 3 unspecified atom stereocenters. The molecule has 1 aliphatic carbocycles. The first kappa shape index (κ1) is 15.7. The molecule has 0 radical (unpaired) electrons. The quantitative estimate of drug-likeness (QED) is 0.849. The first-order valence-electron chi connectivity index (χ1n) is 8.59. The summed E-state index contributed by atoms with van der Waals surface area (Å²) in [6.45, 7) is 9.79. The third-order valence-corrected chi connectivity index (χ3v) is 5.14. The normalized spacial score (nSPS) is 37.1. The van der Waals surface area contributed by atoms with Crippen molar-refractivity contribution in [3.63, 3.8) is 0 Å². The highest BCUT2D eigenvalue weighted by molar-refractivity contribution is 4.98. The number of morpholine rings is 1. The molecule has 2 saturated heterocycles. The summed E-state index contributed by atoms with van der Waals surface area (Å²) in [5.74, 6) is -0.312. The SMILES string of the molecule is CCCNC1CCC2(CC1N1CCOCC1C)OCCO2. The lowest BCUT2D eigenvalue weighted by molar-refractivity contribution is -0.199. The van der Waals surface area contributed by atoms with Gasteiger partial charge in [0.25, 0.3) is 0 Å². The van der Waals surface area contributed by atoms with Crippen molar-refractivity contribution < 1.29 is 14.2 Å². The van der Waals surface area contributed by atoms with Gasteiger partial charge in [-0.05, 0) is 26.3 Å². The van der Waals surface area contributed by atoms with Gasteiger partial charge in [0, 0.05) is 37.5 Å². The monoisotopic (exact) mass is 298 g/mol. The van der Waals surface area contributed by atoms with Gasteiger partial charge in [0.15, 0.2) is 5.79 Å². The Morgan fingerprint density at radius 2 is 2.05 bits per heavy atom. The second kappa shape index (κ2) is 6.92. The van der Waals surface area contributed by atoms with E-state index in [0.717, 1.165) is 58.8 Å². The van der Waals surface area contributed by atoms with E-state index in [-0.39, 0.29) is 5.79 Å². The van der Waals surface area contributed by atoms with Gasteiger partial charge >= 0.3 is 0 Å². The highest BCUT2D eigenvalue weighted by Gasteiger charge is 2.47. The molecule has 3 atom stereocenters. The number of nitrogens with one attached hydrogen (secondary N) is 1. The van der Waals surface area contributed by atoms with E-state index in [1.807, 2.05) is 0 Å². The Bertz CT molecular complexity index is 333. The molecule has 3 rings (SSSR count). The van der Waals surface area contributed by atoms with Crippen molar-refractivity contribution in [2.24, 2.45) is 0 Å². The first-order valence-corrected chi connectivity index (χ1v) is 8.59. The van der Waals surface area contributed by atoms with Crippen LogP contribution in [0.5, 0.6) is 0 Å². The van der Waals surface area contributed by atoms with Crippen molar-refractivity contribution in [3.8, 4) is 0 Å². The van der Waals surface area contributed by atoms with Crippen LogP contribution in [0.25, 0.3) is 0 Å². The van der Waals surface area contributed by atoms with E-state index in [1.54, 1.807) is 0 Å². The minimum absolute atomic E-state index is 0.312. The van der Waals surface area contributed by atoms with E-state index in [2.05, 4.69) is 24.1 Å². The fourth-order valence-electron chi connectivity index (χ4n) is 4.04. The highest BCUT2D eigenvalue weighted by atomic mass is 16.7. The predicted octanol–water partition coefficient (Wildman–Crippen LogP) is 1.37. The average Bonchev–Trinajstić information content (AvgIpc) is 2.95. The lowest BCUT2D eigenvalue weighted by Gasteiger charge is -2.49. The van der Waals surface area contributed by atoms with Crippen LogP contribution in [0.4, 0.5) is 0 Å². The molecular formula is C16H30N2O3. The fourth-order valence-corrected chi connectivity index (χ4v) is 4.04. The lowest BCUT2D eigenvalue weighted by Crippen LogP contribution is -2.62. The van der Waals surface area contributed by atoms with Crippen molar-refractivity contribution in [1.82, 2.24) is 10.2 Å². The number of hydrogen-bond donors (Lipinski definition) is 1. The van der Waals surface area contributed by atoms with Gasteiger partial charge in [-0.1, -0.05) is 6.92 Å². The Labute approximate surface area is 128 Å². The molecule has 1 saturated carbocycles. The van der Waals surface area contributed by atoms with Gasteiger partial charge in [0.2, 0.25) is 0 Å². The van der Waals surface area contributed by atoms with Crippen LogP contribution in [0.1, 0.15) is 39.5 Å². The van der Waals surface area contributed by atoms with Crippen LogP contribution >= 0.6 is 0 Å². The Morgan fingerprint density at radius 1 is 1.24 bits per heavy atom. The summed E-state index contributed by atoms with van der Waals surface area (Å²) in [5, 5.41) is 3.75.